The Morgan fingerprint density at radius 3 is 2.68 bits per heavy atom. The Hall–Kier alpha value is -2.04. The molecule has 0 aromatic heterocycles. The second kappa shape index (κ2) is 8.13. The van der Waals surface area contributed by atoms with E-state index in [0.29, 0.717) is 24.6 Å². The van der Waals surface area contributed by atoms with Gasteiger partial charge in [-0.25, -0.2) is 0 Å². The number of amides is 2. The van der Waals surface area contributed by atoms with E-state index in [4.69, 9.17) is 4.74 Å². The molecule has 104 valence electrons. The number of carbonyl (C=O) groups excluding carboxylic acids is 2. The minimum atomic E-state index is -0.152. The largest absolute Gasteiger partial charge is 0.491 e. The number of hydrogen-bond donors (Lipinski definition) is 2. The van der Waals surface area contributed by atoms with Gasteiger partial charge in [-0.1, -0.05) is 19.1 Å². The summed E-state index contributed by atoms with van der Waals surface area (Å²) >= 11 is 0. The predicted octanol–water partition coefficient (Wildman–Crippen LogP) is 1.94. The monoisotopic (exact) mass is 264 g/mol. The van der Waals surface area contributed by atoms with Crippen LogP contribution in [-0.4, -0.2) is 25.0 Å². The maximum absolute atomic E-state index is 11.7. The van der Waals surface area contributed by atoms with Gasteiger partial charge in [-0.3, -0.25) is 9.59 Å². The molecule has 0 aliphatic carbocycles. The summed E-state index contributed by atoms with van der Waals surface area (Å²) in [6.45, 7) is 4.39. The summed E-state index contributed by atoms with van der Waals surface area (Å²) in [5.41, 5.74) is 0.656. The fourth-order valence-electron chi connectivity index (χ4n) is 1.47. The van der Waals surface area contributed by atoms with Crippen LogP contribution in [0.1, 0.15) is 26.7 Å². The highest BCUT2D eigenvalue weighted by Gasteiger charge is 2.07. The Labute approximate surface area is 113 Å². The molecule has 0 fully saturated rings. The zero-order chi connectivity index (χ0) is 14.1. The molecule has 5 heteroatoms. The quantitative estimate of drug-likeness (QED) is 0.791. The van der Waals surface area contributed by atoms with Gasteiger partial charge in [0.25, 0.3) is 0 Å². The smallest absolute Gasteiger partial charge is 0.226 e. The summed E-state index contributed by atoms with van der Waals surface area (Å²) in [4.78, 5) is 22.4. The number of hydrogen-bond acceptors (Lipinski definition) is 3. The molecule has 0 aliphatic rings. The molecule has 1 aromatic rings. The summed E-state index contributed by atoms with van der Waals surface area (Å²) in [6, 6.07) is 7.31. The summed E-state index contributed by atoms with van der Waals surface area (Å²) < 4.78 is 5.55. The van der Waals surface area contributed by atoms with Crippen LogP contribution in [0.4, 0.5) is 5.69 Å². The first-order valence-corrected chi connectivity index (χ1v) is 6.39. The van der Waals surface area contributed by atoms with Gasteiger partial charge in [-0.05, 0) is 18.6 Å². The summed E-state index contributed by atoms with van der Waals surface area (Å²) in [5.74, 6) is 0.373. The van der Waals surface area contributed by atoms with E-state index in [1.165, 1.54) is 6.92 Å². The molecular weight excluding hydrogens is 244 g/mol. The molecule has 19 heavy (non-hydrogen) atoms. The van der Waals surface area contributed by atoms with E-state index in [9.17, 15) is 9.59 Å². The first kappa shape index (κ1) is 15.0. The minimum Gasteiger partial charge on any atom is -0.491 e. The molecule has 2 N–H and O–H groups in total. The molecule has 0 aliphatic heterocycles. The third-order valence-electron chi connectivity index (χ3n) is 2.35. The van der Waals surface area contributed by atoms with E-state index >= 15 is 0 Å². The Morgan fingerprint density at radius 1 is 1.26 bits per heavy atom. The van der Waals surface area contributed by atoms with Crippen molar-refractivity contribution in [3.8, 4) is 5.75 Å². The van der Waals surface area contributed by atoms with Crippen LogP contribution in [0.2, 0.25) is 0 Å². The van der Waals surface area contributed by atoms with Crippen LogP contribution in [-0.2, 0) is 9.59 Å². The normalized spacial score (nSPS) is 9.79. The van der Waals surface area contributed by atoms with E-state index in [0.717, 1.165) is 6.42 Å². The fourth-order valence-corrected chi connectivity index (χ4v) is 1.47. The Morgan fingerprint density at radius 2 is 2.00 bits per heavy atom. The summed E-state index contributed by atoms with van der Waals surface area (Å²) in [7, 11) is 0. The highest BCUT2D eigenvalue weighted by molar-refractivity contribution is 5.92. The molecule has 1 rings (SSSR count). The van der Waals surface area contributed by atoms with Crippen LogP contribution in [0, 0.1) is 0 Å². The number of rotatable bonds is 7. The molecule has 5 nitrogen and oxygen atoms in total. The van der Waals surface area contributed by atoms with E-state index in [-0.39, 0.29) is 18.2 Å². The molecule has 0 bridgehead atoms. The van der Waals surface area contributed by atoms with Gasteiger partial charge in [-0.2, -0.15) is 0 Å². The van der Waals surface area contributed by atoms with Gasteiger partial charge in [0.15, 0.2) is 0 Å². The molecule has 2 amide bonds. The van der Waals surface area contributed by atoms with E-state index in [1.807, 2.05) is 25.1 Å². The Balaban J connectivity index is 2.51. The zero-order valence-corrected chi connectivity index (χ0v) is 11.4. The Bertz CT molecular complexity index is 432. The van der Waals surface area contributed by atoms with Gasteiger partial charge in [0.1, 0.15) is 5.75 Å². The van der Waals surface area contributed by atoms with Gasteiger partial charge in [-0.15, -0.1) is 0 Å². The number of carbonyl (C=O) groups is 2. The van der Waals surface area contributed by atoms with Crippen molar-refractivity contribution >= 4 is 17.5 Å². The van der Waals surface area contributed by atoms with Crippen molar-refractivity contribution in [2.45, 2.75) is 26.7 Å². The van der Waals surface area contributed by atoms with Crippen molar-refractivity contribution in [2.24, 2.45) is 0 Å². The average molecular weight is 264 g/mol. The highest BCUT2D eigenvalue weighted by atomic mass is 16.5. The number of anilines is 1. The molecular formula is C14H20N2O3. The van der Waals surface area contributed by atoms with Gasteiger partial charge < -0.3 is 15.4 Å². The molecule has 0 saturated heterocycles. The number of ether oxygens (including phenoxy) is 1. The van der Waals surface area contributed by atoms with E-state index in [1.54, 1.807) is 6.07 Å². The lowest BCUT2D eigenvalue weighted by Crippen LogP contribution is -2.25. The standard InChI is InChI=1S/C14H20N2O3/c1-3-10-19-13-7-5-4-6-12(13)16-14(18)8-9-15-11(2)17/h4-7H,3,8-10H2,1-2H3,(H,15,17)(H,16,18). The van der Waals surface area contributed by atoms with Crippen LogP contribution in [0.25, 0.3) is 0 Å². The molecule has 0 spiro atoms. The van der Waals surface area contributed by atoms with Crippen molar-refractivity contribution < 1.29 is 14.3 Å². The average Bonchev–Trinajstić information content (AvgIpc) is 2.37. The first-order chi connectivity index (χ1) is 9.13. The van der Waals surface area contributed by atoms with Gasteiger partial charge in [0, 0.05) is 19.9 Å². The van der Waals surface area contributed by atoms with E-state index in [2.05, 4.69) is 10.6 Å². The van der Waals surface area contributed by atoms with Crippen molar-refractivity contribution in [1.29, 1.82) is 0 Å². The van der Waals surface area contributed by atoms with Crippen molar-refractivity contribution in [2.75, 3.05) is 18.5 Å². The van der Waals surface area contributed by atoms with Gasteiger partial charge in [0.05, 0.1) is 12.3 Å². The second-order valence-corrected chi connectivity index (χ2v) is 4.13. The second-order valence-electron chi connectivity index (χ2n) is 4.13. The number of para-hydroxylation sites is 2. The van der Waals surface area contributed by atoms with Crippen molar-refractivity contribution in [1.82, 2.24) is 5.32 Å². The number of nitrogens with one attached hydrogen (secondary N) is 2. The van der Waals surface area contributed by atoms with Crippen LogP contribution < -0.4 is 15.4 Å². The highest BCUT2D eigenvalue weighted by Crippen LogP contribution is 2.23. The minimum absolute atomic E-state index is 0.139. The van der Waals surface area contributed by atoms with Gasteiger partial charge in [0.2, 0.25) is 11.8 Å². The zero-order valence-electron chi connectivity index (χ0n) is 11.4. The first-order valence-electron chi connectivity index (χ1n) is 6.39. The van der Waals surface area contributed by atoms with Crippen LogP contribution in [0.3, 0.4) is 0 Å². The Kier molecular flexibility index (Phi) is 6.43. The maximum Gasteiger partial charge on any atom is 0.226 e. The maximum atomic E-state index is 11.7. The predicted molar refractivity (Wildman–Crippen MR) is 74.2 cm³/mol. The van der Waals surface area contributed by atoms with Crippen molar-refractivity contribution in [3.63, 3.8) is 0 Å². The van der Waals surface area contributed by atoms with Crippen molar-refractivity contribution in [3.05, 3.63) is 24.3 Å². The molecule has 1 aromatic carbocycles. The van der Waals surface area contributed by atoms with Crippen LogP contribution in [0.5, 0.6) is 5.75 Å². The third kappa shape index (κ3) is 5.90. The molecule has 0 atom stereocenters. The molecule has 0 heterocycles. The lowest BCUT2D eigenvalue weighted by atomic mass is 10.2. The lowest BCUT2D eigenvalue weighted by molar-refractivity contribution is -0.119. The fraction of sp³-hybridized carbons (Fsp3) is 0.429. The molecule has 0 unspecified atom stereocenters. The lowest BCUT2D eigenvalue weighted by Gasteiger charge is -2.11. The van der Waals surface area contributed by atoms with Gasteiger partial charge >= 0.3 is 0 Å². The topological polar surface area (TPSA) is 67.4 Å². The van der Waals surface area contributed by atoms with Crippen LogP contribution in [0.15, 0.2) is 24.3 Å². The SMILES string of the molecule is CCCOc1ccccc1NC(=O)CCNC(C)=O. The molecule has 0 radical (unpaired) electrons. The van der Waals surface area contributed by atoms with E-state index < -0.39 is 0 Å². The summed E-state index contributed by atoms with van der Waals surface area (Å²) in [5, 5.41) is 5.36. The number of benzene rings is 1. The van der Waals surface area contributed by atoms with Crippen LogP contribution >= 0.6 is 0 Å². The third-order valence-corrected chi connectivity index (χ3v) is 2.35. The molecule has 0 saturated carbocycles. The summed E-state index contributed by atoms with van der Waals surface area (Å²) in [6.07, 6.45) is 1.15.